The first kappa shape index (κ1) is 52.8. The minimum atomic E-state index is -0.882. The number of hydrogen-bond acceptors (Lipinski definition) is 6. The molecule has 0 amide bonds. The van der Waals surface area contributed by atoms with Crippen molar-refractivity contribution >= 4 is 17.9 Å². The third kappa shape index (κ3) is 36.4. The highest BCUT2D eigenvalue weighted by atomic mass is 16.6. The Morgan fingerprint density at radius 2 is 0.946 bits per heavy atom. The van der Waals surface area contributed by atoms with Crippen LogP contribution in [0, 0.1) is 0 Å². The summed E-state index contributed by atoms with van der Waals surface area (Å²) in [5.41, 5.74) is 0. The summed E-state index contributed by atoms with van der Waals surface area (Å²) in [4.78, 5) is 36.9. The molecule has 320 valence electrons. The zero-order chi connectivity index (χ0) is 41.4. The number of carbonyl (C=O) groups excluding carboxylic acids is 2. The van der Waals surface area contributed by atoms with Crippen molar-refractivity contribution < 1.29 is 38.2 Å². The second kappa shape index (κ2) is 38.6. The maximum atomic E-state index is 12.7. The van der Waals surface area contributed by atoms with Crippen LogP contribution in [0.1, 0.15) is 162 Å². The Hall–Kier alpha value is -3.23. The van der Waals surface area contributed by atoms with E-state index in [9.17, 15) is 19.5 Å². The second-order valence-corrected chi connectivity index (χ2v) is 15.5. The molecule has 0 rings (SSSR count). The standard InChI is InChI=1S/C48H81NO7/c1-6-8-10-12-14-16-18-20-21-22-23-24-25-26-27-29-30-32-34-36-38-46(50)55-43-44(42-54-41-40-45(48(52)53)49(3,4)5)56-47(51)39-37-35-33-31-28-19-17-15-13-11-9-7-2/h8-11,14-17,20-21,23-24,44-45H,6-7,12-13,18-19,22,25-43H2,1-5H3/p+1/b10-8+,11-9+,16-14+,17-15+,21-20+,24-23+. The number of aliphatic carboxylic acids is 1. The van der Waals surface area contributed by atoms with E-state index in [1.165, 1.54) is 25.7 Å². The third-order valence-electron chi connectivity index (χ3n) is 9.35. The highest BCUT2D eigenvalue weighted by Gasteiger charge is 2.31. The zero-order valence-corrected chi connectivity index (χ0v) is 36.3. The fraction of sp³-hybridized carbons (Fsp3) is 0.688. The first-order valence-corrected chi connectivity index (χ1v) is 22.0. The van der Waals surface area contributed by atoms with Crippen LogP contribution < -0.4 is 0 Å². The molecule has 2 atom stereocenters. The van der Waals surface area contributed by atoms with E-state index in [1.54, 1.807) is 0 Å². The lowest BCUT2D eigenvalue weighted by molar-refractivity contribution is -0.887. The van der Waals surface area contributed by atoms with Gasteiger partial charge in [0.15, 0.2) is 12.1 Å². The summed E-state index contributed by atoms with van der Waals surface area (Å²) in [5, 5.41) is 9.61. The van der Waals surface area contributed by atoms with Crippen LogP contribution in [-0.4, -0.2) is 80.6 Å². The molecule has 0 spiro atoms. The molecule has 0 bridgehead atoms. The molecule has 1 N–H and O–H groups in total. The van der Waals surface area contributed by atoms with Gasteiger partial charge in [0.05, 0.1) is 34.4 Å². The number of carboxylic acids is 1. The normalized spacial score (nSPS) is 13.7. The first-order chi connectivity index (χ1) is 27.1. The highest BCUT2D eigenvalue weighted by molar-refractivity contribution is 5.72. The van der Waals surface area contributed by atoms with Gasteiger partial charge >= 0.3 is 17.9 Å². The molecule has 0 aromatic rings. The van der Waals surface area contributed by atoms with E-state index in [2.05, 4.69) is 86.8 Å². The lowest BCUT2D eigenvalue weighted by atomic mass is 10.1. The van der Waals surface area contributed by atoms with Crippen LogP contribution in [-0.2, 0) is 28.6 Å². The Morgan fingerprint density at radius 1 is 0.536 bits per heavy atom. The Bertz CT molecular complexity index is 1140. The smallest absolute Gasteiger partial charge is 0.362 e. The number of allylic oxidation sites excluding steroid dienone is 12. The number of unbranched alkanes of at least 4 members (excludes halogenated alkanes) is 12. The van der Waals surface area contributed by atoms with E-state index in [4.69, 9.17) is 14.2 Å². The van der Waals surface area contributed by atoms with Crippen molar-refractivity contribution in [1.82, 2.24) is 0 Å². The predicted molar refractivity (Wildman–Crippen MR) is 233 cm³/mol. The Morgan fingerprint density at radius 3 is 1.39 bits per heavy atom. The summed E-state index contributed by atoms with van der Waals surface area (Å²) in [6, 6.07) is -0.621. The van der Waals surface area contributed by atoms with Gasteiger partial charge in [0.2, 0.25) is 0 Å². The molecule has 0 aliphatic heterocycles. The largest absolute Gasteiger partial charge is 0.477 e. The summed E-state index contributed by atoms with van der Waals surface area (Å²) in [6.45, 7) is 4.47. The van der Waals surface area contributed by atoms with Gasteiger partial charge in [-0.05, 0) is 77.0 Å². The van der Waals surface area contributed by atoms with E-state index in [0.29, 0.717) is 19.3 Å². The lowest BCUT2D eigenvalue weighted by Crippen LogP contribution is -2.50. The van der Waals surface area contributed by atoms with Gasteiger partial charge in [-0.3, -0.25) is 9.59 Å². The summed E-state index contributed by atoms with van der Waals surface area (Å²) < 4.78 is 17.2. The van der Waals surface area contributed by atoms with Crippen molar-refractivity contribution in [3.05, 3.63) is 72.9 Å². The second-order valence-electron chi connectivity index (χ2n) is 15.5. The molecule has 8 heteroatoms. The number of rotatable bonds is 38. The molecule has 0 heterocycles. The SMILES string of the molecule is CC/C=C/C/C=C/C/C=C/C/C=C/CCCCCCCCCC(=O)OCC(COCCC(C(=O)O)[N+](C)(C)C)OC(=O)CCCCCCC/C=C/C/C=C/CC. The molecule has 0 radical (unpaired) electrons. The molecule has 0 fully saturated rings. The predicted octanol–water partition coefficient (Wildman–Crippen LogP) is 12.0. The quantitative estimate of drug-likeness (QED) is 0.0288. The average molecular weight is 785 g/mol. The molecular weight excluding hydrogens is 703 g/mol. The van der Waals surface area contributed by atoms with Gasteiger partial charge in [0.25, 0.3) is 0 Å². The van der Waals surface area contributed by atoms with Crippen molar-refractivity contribution in [3.8, 4) is 0 Å². The van der Waals surface area contributed by atoms with Crippen LogP contribution in [0.3, 0.4) is 0 Å². The van der Waals surface area contributed by atoms with Crippen LogP contribution in [0.15, 0.2) is 72.9 Å². The minimum Gasteiger partial charge on any atom is -0.477 e. The van der Waals surface area contributed by atoms with Gasteiger partial charge in [-0.15, -0.1) is 0 Å². The van der Waals surface area contributed by atoms with E-state index in [0.717, 1.165) is 103 Å². The first-order valence-electron chi connectivity index (χ1n) is 22.0. The molecule has 2 unspecified atom stereocenters. The van der Waals surface area contributed by atoms with Crippen molar-refractivity contribution in [2.75, 3.05) is 41.0 Å². The van der Waals surface area contributed by atoms with Crippen molar-refractivity contribution in [1.29, 1.82) is 0 Å². The topological polar surface area (TPSA) is 99.1 Å². The van der Waals surface area contributed by atoms with Gasteiger partial charge in [-0.25, -0.2) is 4.79 Å². The Balaban J connectivity index is 4.34. The van der Waals surface area contributed by atoms with Gasteiger partial charge in [-0.2, -0.15) is 0 Å². The molecule has 0 aliphatic carbocycles. The van der Waals surface area contributed by atoms with Crippen LogP contribution in [0.25, 0.3) is 0 Å². The van der Waals surface area contributed by atoms with Crippen LogP contribution in [0.2, 0.25) is 0 Å². The van der Waals surface area contributed by atoms with Gasteiger partial charge in [0, 0.05) is 19.3 Å². The maximum Gasteiger partial charge on any atom is 0.362 e. The number of carboxylic acid groups (broad SMARTS) is 1. The zero-order valence-electron chi connectivity index (χ0n) is 36.3. The third-order valence-corrected chi connectivity index (χ3v) is 9.35. The molecular formula is C48H82NO7+. The average Bonchev–Trinajstić information content (AvgIpc) is 3.15. The summed E-state index contributed by atoms with van der Waals surface area (Å²) in [5.74, 6) is -1.51. The molecule has 0 aromatic carbocycles. The maximum absolute atomic E-state index is 12.7. The molecule has 0 saturated heterocycles. The molecule has 56 heavy (non-hydrogen) atoms. The fourth-order valence-electron chi connectivity index (χ4n) is 6.00. The highest BCUT2D eigenvalue weighted by Crippen LogP contribution is 2.13. The van der Waals surface area contributed by atoms with Gasteiger partial charge in [-0.1, -0.05) is 138 Å². The lowest BCUT2D eigenvalue weighted by Gasteiger charge is -2.31. The number of ether oxygens (including phenoxy) is 3. The number of esters is 2. The number of nitrogens with zero attached hydrogens (tertiary/aromatic N) is 1. The number of likely N-dealkylation sites (N-methyl/N-ethyl adjacent to an activating group) is 1. The van der Waals surface area contributed by atoms with E-state index < -0.39 is 18.1 Å². The molecule has 8 nitrogen and oxygen atoms in total. The van der Waals surface area contributed by atoms with Crippen molar-refractivity contribution in [2.45, 2.75) is 174 Å². The van der Waals surface area contributed by atoms with Gasteiger partial charge in [0.1, 0.15) is 6.61 Å². The minimum absolute atomic E-state index is 0.0482. The van der Waals surface area contributed by atoms with Crippen molar-refractivity contribution in [2.24, 2.45) is 0 Å². The van der Waals surface area contributed by atoms with Crippen LogP contribution in [0.4, 0.5) is 0 Å². The van der Waals surface area contributed by atoms with E-state index in [1.807, 2.05) is 21.1 Å². The van der Waals surface area contributed by atoms with Crippen LogP contribution in [0.5, 0.6) is 0 Å². The molecule has 0 aromatic heterocycles. The van der Waals surface area contributed by atoms with Gasteiger partial charge < -0.3 is 23.8 Å². The summed E-state index contributed by atoms with van der Waals surface area (Å²) in [7, 11) is 5.51. The fourth-order valence-corrected chi connectivity index (χ4v) is 6.00. The Labute approximate surface area is 342 Å². The van der Waals surface area contributed by atoms with E-state index in [-0.39, 0.29) is 36.2 Å². The summed E-state index contributed by atoms with van der Waals surface area (Å²) in [6.07, 6.45) is 48.0. The molecule has 0 saturated carbocycles. The van der Waals surface area contributed by atoms with E-state index >= 15 is 0 Å². The Kier molecular flexibility index (Phi) is 36.4. The number of quaternary nitrogens is 1. The molecule has 0 aliphatic rings. The number of hydrogen-bond donors (Lipinski definition) is 1. The van der Waals surface area contributed by atoms with Crippen molar-refractivity contribution in [3.63, 3.8) is 0 Å². The summed E-state index contributed by atoms with van der Waals surface area (Å²) >= 11 is 0. The monoisotopic (exact) mass is 785 g/mol. The number of carbonyl (C=O) groups is 3. The van der Waals surface area contributed by atoms with Crippen LogP contribution >= 0.6 is 0 Å².